The zero-order chi connectivity index (χ0) is 20.0. The first-order valence-electron chi connectivity index (χ1n) is 7.96. The molecule has 0 saturated heterocycles. The van der Waals surface area contributed by atoms with Gasteiger partial charge in [-0.1, -0.05) is 0 Å². The lowest BCUT2D eigenvalue weighted by Crippen LogP contribution is -2.46. The highest BCUT2D eigenvalue weighted by Crippen LogP contribution is 2.12. The second-order valence-electron chi connectivity index (χ2n) is 6.62. The van der Waals surface area contributed by atoms with Crippen LogP contribution >= 0.6 is 0 Å². The minimum atomic E-state index is -3.75. The van der Waals surface area contributed by atoms with Gasteiger partial charge in [-0.25, -0.2) is 17.9 Å². The van der Waals surface area contributed by atoms with Crippen molar-refractivity contribution in [1.29, 1.82) is 5.26 Å². The van der Waals surface area contributed by atoms with Crippen LogP contribution in [0.15, 0.2) is 29.2 Å². The van der Waals surface area contributed by atoms with Crippen LogP contribution < -0.4 is 10.0 Å². The number of hydrogen-bond donors (Lipinski definition) is 2. The summed E-state index contributed by atoms with van der Waals surface area (Å²) in [6.07, 6.45) is -0.934. The minimum Gasteiger partial charge on any atom is -0.449 e. The molecule has 1 aromatic carbocycles. The third-order valence-electron chi connectivity index (χ3n) is 3.08. The van der Waals surface area contributed by atoms with Gasteiger partial charge < -0.3 is 10.1 Å². The lowest BCUT2D eigenvalue weighted by Gasteiger charge is -2.23. The van der Waals surface area contributed by atoms with Crippen molar-refractivity contribution in [2.24, 2.45) is 0 Å². The SMILES string of the molecule is C[C@H](OC(=O)c1ccc(S(=O)(=O)NCCC#N)cc1)C(=O)NC(C)(C)C. The molecule has 1 atom stereocenters. The fourth-order valence-corrected chi connectivity index (χ4v) is 2.88. The zero-order valence-corrected chi connectivity index (χ0v) is 16.0. The summed E-state index contributed by atoms with van der Waals surface area (Å²) >= 11 is 0. The monoisotopic (exact) mass is 381 g/mol. The molecule has 0 bridgehead atoms. The van der Waals surface area contributed by atoms with Gasteiger partial charge in [-0.05, 0) is 52.0 Å². The first-order valence-corrected chi connectivity index (χ1v) is 9.44. The summed E-state index contributed by atoms with van der Waals surface area (Å²) in [6.45, 7) is 6.88. The van der Waals surface area contributed by atoms with Crippen LogP contribution in [0.25, 0.3) is 0 Å². The van der Waals surface area contributed by atoms with Crippen molar-refractivity contribution < 1.29 is 22.7 Å². The summed E-state index contributed by atoms with van der Waals surface area (Å²) < 4.78 is 31.4. The number of nitrogens with zero attached hydrogens (tertiary/aromatic N) is 1. The van der Waals surface area contributed by atoms with E-state index in [4.69, 9.17) is 10.00 Å². The Morgan fingerprint density at radius 3 is 2.31 bits per heavy atom. The fraction of sp³-hybridized carbons (Fsp3) is 0.471. The van der Waals surface area contributed by atoms with Crippen molar-refractivity contribution in [2.45, 2.75) is 50.7 Å². The lowest BCUT2D eigenvalue weighted by atomic mass is 10.1. The van der Waals surface area contributed by atoms with Crippen molar-refractivity contribution in [3.63, 3.8) is 0 Å². The molecule has 0 heterocycles. The zero-order valence-electron chi connectivity index (χ0n) is 15.2. The molecule has 9 heteroatoms. The van der Waals surface area contributed by atoms with E-state index >= 15 is 0 Å². The molecule has 0 aliphatic rings. The second kappa shape index (κ2) is 8.78. The van der Waals surface area contributed by atoms with E-state index in [1.807, 2.05) is 26.8 Å². The van der Waals surface area contributed by atoms with Crippen LogP contribution in [0.3, 0.4) is 0 Å². The summed E-state index contributed by atoms with van der Waals surface area (Å²) in [6, 6.07) is 6.95. The molecule has 1 rings (SSSR count). The van der Waals surface area contributed by atoms with Gasteiger partial charge in [0, 0.05) is 18.5 Å². The molecular formula is C17H23N3O5S. The van der Waals surface area contributed by atoms with Crippen LogP contribution in [0.4, 0.5) is 0 Å². The fourth-order valence-electron chi connectivity index (χ4n) is 1.85. The van der Waals surface area contributed by atoms with Crippen molar-refractivity contribution in [3.8, 4) is 6.07 Å². The summed E-state index contributed by atoms with van der Waals surface area (Å²) in [5.74, 6) is -1.16. The van der Waals surface area contributed by atoms with E-state index in [1.165, 1.54) is 31.2 Å². The molecule has 1 aromatic rings. The Balaban J connectivity index is 2.75. The van der Waals surface area contributed by atoms with Crippen molar-refractivity contribution in [2.75, 3.05) is 6.54 Å². The highest BCUT2D eigenvalue weighted by Gasteiger charge is 2.23. The third-order valence-corrected chi connectivity index (χ3v) is 4.56. The average Bonchev–Trinajstić information content (AvgIpc) is 2.53. The number of esters is 1. The normalized spacial score (nSPS) is 12.7. The number of carbonyl (C=O) groups is 2. The Kier molecular flexibility index (Phi) is 7.29. The van der Waals surface area contributed by atoms with Crippen LogP contribution in [-0.4, -0.2) is 38.5 Å². The van der Waals surface area contributed by atoms with Crippen LogP contribution in [-0.2, 0) is 19.6 Å². The molecule has 0 saturated carbocycles. The largest absolute Gasteiger partial charge is 0.449 e. The number of nitrogens with one attached hydrogen (secondary N) is 2. The second-order valence-corrected chi connectivity index (χ2v) is 8.38. The van der Waals surface area contributed by atoms with Gasteiger partial charge in [0.25, 0.3) is 5.91 Å². The Morgan fingerprint density at radius 2 is 1.81 bits per heavy atom. The van der Waals surface area contributed by atoms with Gasteiger partial charge in [0.1, 0.15) is 0 Å². The van der Waals surface area contributed by atoms with E-state index in [0.717, 1.165) is 0 Å². The average molecular weight is 381 g/mol. The predicted molar refractivity (Wildman–Crippen MR) is 94.6 cm³/mol. The van der Waals surface area contributed by atoms with E-state index in [0.29, 0.717) is 0 Å². The van der Waals surface area contributed by atoms with Gasteiger partial charge in [0.05, 0.1) is 16.5 Å². The number of carbonyl (C=O) groups excluding carboxylic acids is 2. The highest BCUT2D eigenvalue weighted by atomic mass is 32.2. The summed E-state index contributed by atoms with van der Waals surface area (Å²) in [5, 5.41) is 11.1. The number of benzene rings is 1. The summed E-state index contributed by atoms with van der Waals surface area (Å²) in [5.41, 5.74) is -0.330. The molecule has 0 aliphatic heterocycles. The smallest absolute Gasteiger partial charge is 0.338 e. The molecule has 0 radical (unpaired) electrons. The Hall–Kier alpha value is -2.44. The lowest BCUT2D eigenvalue weighted by molar-refractivity contribution is -0.130. The summed E-state index contributed by atoms with van der Waals surface area (Å²) in [4.78, 5) is 24.0. The Labute approximate surface area is 153 Å². The Morgan fingerprint density at radius 1 is 1.23 bits per heavy atom. The number of rotatable bonds is 7. The van der Waals surface area contributed by atoms with E-state index in [1.54, 1.807) is 0 Å². The third kappa shape index (κ3) is 6.82. The first-order chi connectivity index (χ1) is 12.0. The maximum Gasteiger partial charge on any atom is 0.338 e. The highest BCUT2D eigenvalue weighted by molar-refractivity contribution is 7.89. The van der Waals surface area contributed by atoms with E-state index in [-0.39, 0.29) is 23.4 Å². The van der Waals surface area contributed by atoms with Gasteiger partial charge in [0.15, 0.2) is 6.10 Å². The van der Waals surface area contributed by atoms with Gasteiger partial charge in [0.2, 0.25) is 10.0 Å². The number of nitriles is 1. The van der Waals surface area contributed by atoms with Crippen LogP contribution in [0.5, 0.6) is 0 Å². The maximum absolute atomic E-state index is 12.1. The number of amides is 1. The van der Waals surface area contributed by atoms with E-state index < -0.39 is 33.5 Å². The molecule has 0 aromatic heterocycles. The molecule has 26 heavy (non-hydrogen) atoms. The molecule has 0 spiro atoms. The molecule has 142 valence electrons. The standard InChI is InChI=1S/C17H23N3O5S/c1-12(15(21)20-17(2,3)4)25-16(22)13-6-8-14(9-7-13)26(23,24)19-11-5-10-18/h6-9,12,19H,5,11H2,1-4H3,(H,20,21)/t12-/m0/s1. The molecule has 0 unspecified atom stereocenters. The van der Waals surface area contributed by atoms with E-state index in [2.05, 4.69) is 10.0 Å². The minimum absolute atomic E-state index is 0.00301. The summed E-state index contributed by atoms with van der Waals surface area (Å²) in [7, 11) is -3.75. The molecule has 8 nitrogen and oxygen atoms in total. The molecule has 1 amide bonds. The quantitative estimate of drug-likeness (QED) is 0.542. The molecule has 0 aliphatic carbocycles. The Bertz CT molecular complexity index is 789. The first kappa shape index (κ1) is 21.6. The number of ether oxygens (including phenoxy) is 1. The van der Waals surface area contributed by atoms with Crippen molar-refractivity contribution in [3.05, 3.63) is 29.8 Å². The number of hydrogen-bond acceptors (Lipinski definition) is 6. The van der Waals surface area contributed by atoms with Gasteiger partial charge >= 0.3 is 5.97 Å². The maximum atomic E-state index is 12.1. The van der Waals surface area contributed by atoms with E-state index in [9.17, 15) is 18.0 Å². The van der Waals surface area contributed by atoms with Crippen molar-refractivity contribution >= 4 is 21.9 Å². The molecule has 0 fully saturated rings. The van der Waals surface area contributed by atoms with Crippen LogP contribution in [0.2, 0.25) is 0 Å². The molecular weight excluding hydrogens is 358 g/mol. The van der Waals surface area contributed by atoms with Gasteiger partial charge in [-0.3, -0.25) is 4.79 Å². The van der Waals surface area contributed by atoms with Crippen LogP contribution in [0.1, 0.15) is 44.5 Å². The van der Waals surface area contributed by atoms with Gasteiger partial charge in [-0.15, -0.1) is 0 Å². The molecule has 2 N–H and O–H groups in total. The number of sulfonamides is 1. The topological polar surface area (TPSA) is 125 Å². The van der Waals surface area contributed by atoms with Crippen LogP contribution in [0, 0.1) is 11.3 Å². The van der Waals surface area contributed by atoms with Crippen molar-refractivity contribution in [1.82, 2.24) is 10.0 Å². The van der Waals surface area contributed by atoms with Gasteiger partial charge in [-0.2, -0.15) is 5.26 Å². The predicted octanol–water partition coefficient (Wildman–Crippen LogP) is 1.34.